The van der Waals surface area contributed by atoms with E-state index in [0.29, 0.717) is 5.95 Å². The van der Waals surface area contributed by atoms with Crippen molar-refractivity contribution >= 4 is 17.5 Å². The monoisotopic (exact) mass is 299 g/mol. The SMILES string of the molecule is CCC1C(Cl)[C@H](C(C)(C)F)CC[C@@H]1Nc1ncccn1. The zero-order valence-electron chi connectivity index (χ0n) is 12.3. The number of hydrogen-bond donors (Lipinski definition) is 1. The number of nitrogens with zero attached hydrogens (tertiary/aromatic N) is 2. The van der Waals surface area contributed by atoms with Gasteiger partial charge in [0.15, 0.2) is 0 Å². The molecule has 112 valence electrons. The first-order chi connectivity index (χ1) is 9.43. The van der Waals surface area contributed by atoms with Gasteiger partial charge in [-0.25, -0.2) is 14.4 Å². The van der Waals surface area contributed by atoms with E-state index in [1.807, 2.05) is 0 Å². The third-order valence-electron chi connectivity index (χ3n) is 4.33. The fraction of sp³-hybridized carbons (Fsp3) is 0.733. The molecule has 1 N–H and O–H groups in total. The van der Waals surface area contributed by atoms with Gasteiger partial charge >= 0.3 is 0 Å². The largest absolute Gasteiger partial charge is 0.351 e. The lowest BCUT2D eigenvalue weighted by molar-refractivity contribution is 0.0729. The van der Waals surface area contributed by atoms with Crippen molar-refractivity contribution in [3.8, 4) is 0 Å². The Labute approximate surface area is 125 Å². The molecular weight excluding hydrogens is 277 g/mol. The van der Waals surface area contributed by atoms with Crippen LogP contribution in [0.3, 0.4) is 0 Å². The fourth-order valence-electron chi connectivity index (χ4n) is 3.20. The maximum Gasteiger partial charge on any atom is 0.222 e. The molecule has 0 spiro atoms. The molecule has 1 fully saturated rings. The van der Waals surface area contributed by atoms with Crippen LogP contribution in [0.25, 0.3) is 0 Å². The molecule has 1 saturated carbocycles. The molecule has 1 aliphatic carbocycles. The summed E-state index contributed by atoms with van der Waals surface area (Å²) in [5.41, 5.74) is -1.23. The summed E-state index contributed by atoms with van der Waals surface area (Å²) in [7, 11) is 0. The van der Waals surface area contributed by atoms with Crippen LogP contribution in [0.4, 0.5) is 10.3 Å². The second-order valence-corrected chi connectivity index (χ2v) is 6.59. The zero-order chi connectivity index (χ0) is 14.8. The first kappa shape index (κ1) is 15.5. The van der Waals surface area contributed by atoms with Crippen LogP contribution in [0.1, 0.15) is 40.0 Å². The standard InChI is InChI=1S/C15H23ClFN3/c1-4-10-12(20-14-18-8-5-9-19-14)7-6-11(13(10)16)15(2,3)17/h5,8-13H,4,6-7H2,1-3H3,(H,18,19,20)/t10?,11-,12+,13?/m1/s1. The molecule has 3 nitrogen and oxygen atoms in total. The summed E-state index contributed by atoms with van der Waals surface area (Å²) in [5.74, 6) is 0.760. The van der Waals surface area contributed by atoms with Crippen LogP contribution in [-0.2, 0) is 0 Å². The molecule has 0 amide bonds. The molecule has 0 radical (unpaired) electrons. The molecular formula is C15H23ClFN3. The van der Waals surface area contributed by atoms with Gasteiger partial charge in [0, 0.05) is 29.7 Å². The summed E-state index contributed by atoms with van der Waals surface area (Å²) in [6, 6.07) is 2.00. The quantitative estimate of drug-likeness (QED) is 0.852. The highest BCUT2D eigenvalue weighted by atomic mass is 35.5. The van der Waals surface area contributed by atoms with Crippen molar-refractivity contribution in [3.63, 3.8) is 0 Å². The summed E-state index contributed by atoms with van der Waals surface area (Å²) in [4.78, 5) is 8.39. The minimum atomic E-state index is -1.23. The topological polar surface area (TPSA) is 37.8 Å². The minimum Gasteiger partial charge on any atom is -0.351 e. The lowest BCUT2D eigenvalue weighted by atomic mass is 9.71. The van der Waals surface area contributed by atoms with E-state index in [1.54, 1.807) is 32.3 Å². The van der Waals surface area contributed by atoms with E-state index in [0.717, 1.165) is 19.3 Å². The summed E-state index contributed by atoms with van der Waals surface area (Å²) < 4.78 is 14.3. The Morgan fingerprint density at radius 2 is 2.00 bits per heavy atom. The van der Waals surface area contributed by atoms with E-state index >= 15 is 0 Å². The Hall–Kier alpha value is -0.900. The summed E-state index contributed by atoms with van der Waals surface area (Å²) in [6.07, 6.45) is 6.04. The van der Waals surface area contributed by atoms with Crippen LogP contribution in [-0.4, -0.2) is 27.1 Å². The molecule has 0 aliphatic heterocycles. The number of nitrogens with one attached hydrogen (secondary N) is 1. The van der Waals surface area contributed by atoms with Gasteiger partial charge in [-0.2, -0.15) is 0 Å². The fourth-order valence-corrected chi connectivity index (χ4v) is 3.98. The smallest absolute Gasteiger partial charge is 0.222 e. The highest BCUT2D eigenvalue weighted by Gasteiger charge is 2.44. The molecule has 4 atom stereocenters. The molecule has 1 aromatic rings. The number of alkyl halides is 2. The third-order valence-corrected chi connectivity index (χ3v) is 4.96. The van der Waals surface area contributed by atoms with Crippen LogP contribution in [0.5, 0.6) is 0 Å². The Balaban J connectivity index is 2.09. The van der Waals surface area contributed by atoms with Gasteiger partial charge in [0.2, 0.25) is 5.95 Å². The molecule has 2 rings (SSSR count). The van der Waals surface area contributed by atoms with Crippen LogP contribution in [0, 0.1) is 11.8 Å². The average Bonchev–Trinajstić information content (AvgIpc) is 2.39. The normalized spacial score (nSPS) is 31.1. The van der Waals surface area contributed by atoms with E-state index in [9.17, 15) is 4.39 Å². The van der Waals surface area contributed by atoms with Gasteiger partial charge in [0.25, 0.3) is 0 Å². The number of rotatable bonds is 4. The van der Waals surface area contributed by atoms with E-state index < -0.39 is 5.67 Å². The Bertz CT molecular complexity index is 421. The van der Waals surface area contributed by atoms with Crippen molar-refractivity contribution in [1.82, 2.24) is 9.97 Å². The molecule has 0 aromatic carbocycles. The molecule has 0 saturated heterocycles. The molecule has 1 aliphatic rings. The lowest BCUT2D eigenvalue weighted by Gasteiger charge is -2.43. The van der Waals surface area contributed by atoms with Crippen LogP contribution in [0.15, 0.2) is 18.5 Å². The minimum absolute atomic E-state index is 0.0936. The predicted octanol–water partition coefficient (Wildman–Crippen LogP) is 4.05. The second-order valence-electron chi connectivity index (χ2n) is 6.09. The Morgan fingerprint density at radius 1 is 1.35 bits per heavy atom. The van der Waals surface area contributed by atoms with Crippen molar-refractivity contribution in [2.24, 2.45) is 11.8 Å². The molecule has 1 aromatic heterocycles. The Morgan fingerprint density at radius 3 is 2.55 bits per heavy atom. The van der Waals surface area contributed by atoms with E-state index in [-0.39, 0.29) is 23.3 Å². The maximum atomic E-state index is 14.3. The van der Waals surface area contributed by atoms with Gasteiger partial charge in [-0.3, -0.25) is 0 Å². The third kappa shape index (κ3) is 3.40. The van der Waals surface area contributed by atoms with Gasteiger partial charge < -0.3 is 5.32 Å². The van der Waals surface area contributed by atoms with Crippen molar-refractivity contribution in [2.75, 3.05) is 5.32 Å². The van der Waals surface area contributed by atoms with Crippen molar-refractivity contribution < 1.29 is 4.39 Å². The molecule has 1 heterocycles. The van der Waals surface area contributed by atoms with E-state index in [1.165, 1.54) is 0 Å². The van der Waals surface area contributed by atoms with Crippen molar-refractivity contribution in [2.45, 2.75) is 57.1 Å². The second kappa shape index (κ2) is 6.25. The van der Waals surface area contributed by atoms with Crippen LogP contribution >= 0.6 is 11.6 Å². The van der Waals surface area contributed by atoms with Gasteiger partial charge in [-0.15, -0.1) is 11.6 Å². The summed E-state index contributed by atoms with van der Waals surface area (Å²) in [5, 5.41) is 3.20. The first-order valence-electron chi connectivity index (χ1n) is 7.30. The predicted molar refractivity (Wildman–Crippen MR) is 80.8 cm³/mol. The van der Waals surface area contributed by atoms with Crippen molar-refractivity contribution in [3.05, 3.63) is 18.5 Å². The van der Waals surface area contributed by atoms with E-state index in [4.69, 9.17) is 11.6 Å². The van der Waals surface area contributed by atoms with Crippen LogP contribution in [0.2, 0.25) is 0 Å². The molecule has 2 unspecified atom stereocenters. The molecule has 5 heteroatoms. The van der Waals surface area contributed by atoms with Crippen molar-refractivity contribution in [1.29, 1.82) is 0 Å². The maximum absolute atomic E-state index is 14.3. The average molecular weight is 300 g/mol. The van der Waals surface area contributed by atoms with Gasteiger partial charge in [-0.05, 0) is 45.1 Å². The molecule has 0 bridgehead atoms. The highest BCUT2D eigenvalue weighted by Crippen LogP contribution is 2.42. The van der Waals surface area contributed by atoms with Gasteiger partial charge in [-0.1, -0.05) is 6.92 Å². The summed E-state index contributed by atoms with van der Waals surface area (Å²) in [6.45, 7) is 5.37. The zero-order valence-corrected chi connectivity index (χ0v) is 13.1. The van der Waals surface area contributed by atoms with Gasteiger partial charge in [0.05, 0.1) is 0 Å². The summed E-state index contributed by atoms with van der Waals surface area (Å²) >= 11 is 6.57. The van der Waals surface area contributed by atoms with Crippen LogP contribution < -0.4 is 5.32 Å². The Kier molecular flexibility index (Phi) is 4.84. The lowest BCUT2D eigenvalue weighted by Crippen LogP contribution is -2.48. The van der Waals surface area contributed by atoms with Gasteiger partial charge in [0.1, 0.15) is 5.67 Å². The number of halogens is 2. The first-order valence-corrected chi connectivity index (χ1v) is 7.73. The molecule has 20 heavy (non-hydrogen) atoms. The number of anilines is 1. The number of hydrogen-bond acceptors (Lipinski definition) is 3. The highest BCUT2D eigenvalue weighted by molar-refractivity contribution is 6.21. The number of aromatic nitrogens is 2. The van der Waals surface area contributed by atoms with E-state index in [2.05, 4.69) is 22.2 Å².